The van der Waals surface area contributed by atoms with Crippen LogP contribution in [0.3, 0.4) is 0 Å². The summed E-state index contributed by atoms with van der Waals surface area (Å²) in [7, 11) is 0. The number of amides is 2. The van der Waals surface area contributed by atoms with E-state index in [0.29, 0.717) is 13.2 Å². The quantitative estimate of drug-likeness (QED) is 0.571. The van der Waals surface area contributed by atoms with Crippen LogP contribution in [0.2, 0.25) is 0 Å². The molecule has 3 N–H and O–H groups in total. The van der Waals surface area contributed by atoms with Crippen molar-refractivity contribution < 1.29 is 24.5 Å². The Kier molecular flexibility index (Phi) is 4.51. The van der Waals surface area contributed by atoms with Crippen LogP contribution < -0.4 is 5.32 Å². The molecule has 0 bridgehead atoms. The number of carboxylic acid groups (broad SMARTS) is 1. The van der Waals surface area contributed by atoms with E-state index < -0.39 is 24.1 Å². The number of aliphatic carboxylic acids is 1. The molecular weight excluding hydrogens is 216 g/mol. The largest absolute Gasteiger partial charge is 0.480 e. The highest BCUT2D eigenvalue weighted by atomic mass is 16.5. The number of hydrogen-bond acceptors (Lipinski definition) is 4. The van der Waals surface area contributed by atoms with Crippen LogP contribution in [0, 0.1) is 0 Å². The summed E-state index contributed by atoms with van der Waals surface area (Å²) in [5.41, 5.74) is 0. The summed E-state index contributed by atoms with van der Waals surface area (Å²) in [6.45, 7) is 2.20. The van der Waals surface area contributed by atoms with Gasteiger partial charge in [-0.15, -0.1) is 0 Å². The Labute approximate surface area is 93.0 Å². The van der Waals surface area contributed by atoms with E-state index >= 15 is 0 Å². The molecule has 0 aromatic rings. The van der Waals surface area contributed by atoms with Gasteiger partial charge in [-0.3, -0.25) is 4.79 Å². The zero-order chi connectivity index (χ0) is 12.1. The number of ether oxygens (including phenoxy) is 1. The van der Waals surface area contributed by atoms with E-state index in [1.807, 2.05) is 0 Å². The molecule has 2 amide bonds. The fraction of sp³-hybridized carbons (Fsp3) is 0.778. The fourth-order valence-electron chi connectivity index (χ4n) is 1.40. The number of aliphatic hydroxyl groups excluding tert-OH is 1. The van der Waals surface area contributed by atoms with Gasteiger partial charge in [-0.25, -0.2) is 4.79 Å². The highest BCUT2D eigenvalue weighted by Crippen LogP contribution is 2.06. The average Bonchev–Trinajstić information content (AvgIpc) is 2.28. The highest BCUT2D eigenvalue weighted by Gasteiger charge is 2.28. The van der Waals surface area contributed by atoms with E-state index in [2.05, 4.69) is 5.32 Å². The van der Waals surface area contributed by atoms with E-state index in [9.17, 15) is 9.59 Å². The first kappa shape index (κ1) is 12.7. The van der Waals surface area contributed by atoms with Gasteiger partial charge in [0.2, 0.25) is 0 Å². The highest BCUT2D eigenvalue weighted by molar-refractivity contribution is 5.82. The zero-order valence-corrected chi connectivity index (χ0v) is 9.05. The molecule has 0 aliphatic carbocycles. The molecular formula is C9H16N2O5. The van der Waals surface area contributed by atoms with Crippen LogP contribution in [0.4, 0.5) is 4.79 Å². The molecule has 1 heterocycles. The molecule has 0 aromatic carbocycles. The van der Waals surface area contributed by atoms with Gasteiger partial charge in [0.25, 0.3) is 0 Å². The van der Waals surface area contributed by atoms with Crippen molar-refractivity contribution in [2.24, 2.45) is 0 Å². The maximum atomic E-state index is 11.7. The molecule has 1 rings (SSSR count). The Morgan fingerprint density at radius 1 is 1.62 bits per heavy atom. The topological polar surface area (TPSA) is 99.1 Å². The van der Waals surface area contributed by atoms with Gasteiger partial charge in [0, 0.05) is 6.54 Å². The van der Waals surface area contributed by atoms with Crippen LogP contribution in [0.15, 0.2) is 0 Å². The first-order valence-electron chi connectivity index (χ1n) is 5.04. The van der Waals surface area contributed by atoms with Crippen molar-refractivity contribution in [3.05, 3.63) is 0 Å². The van der Waals surface area contributed by atoms with E-state index in [0.717, 1.165) is 0 Å². The van der Waals surface area contributed by atoms with Gasteiger partial charge < -0.3 is 25.2 Å². The van der Waals surface area contributed by atoms with Crippen LogP contribution >= 0.6 is 0 Å². The summed E-state index contributed by atoms with van der Waals surface area (Å²) in [5.74, 6) is -1.10. The first-order valence-corrected chi connectivity index (χ1v) is 5.04. The Morgan fingerprint density at radius 2 is 2.31 bits per heavy atom. The smallest absolute Gasteiger partial charge is 0.325 e. The lowest BCUT2D eigenvalue weighted by atomic mass is 10.2. The maximum absolute atomic E-state index is 11.7. The zero-order valence-electron chi connectivity index (χ0n) is 9.05. The molecule has 1 saturated heterocycles. The molecule has 92 valence electrons. The average molecular weight is 232 g/mol. The minimum atomic E-state index is -1.10. The number of carbonyl (C=O) groups excluding carboxylic acids is 1. The molecule has 7 heteroatoms. The molecule has 2 atom stereocenters. The lowest BCUT2D eigenvalue weighted by molar-refractivity contribution is -0.138. The lowest BCUT2D eigenvalue weighted by Crippen LogP contribution is -2.56. The van der Waals surface area contributed by atoms with Gasteiger partial charge in [-0.05, 0) is 6.92 Å². The van der Waals surface area contributed by atoms with E-state index in [4.69, 9.17) is 14.9 Å². The molecule has 1 unspecified atom stereocenters. The van der Waals surface area contributed by atoms with Crippen LogP contribution in [-0.4, -0.2) is 65.6 Å². The fourth-order valence-corrected chi connectivity index (χ4v) is 1.40. The summed E-state index contributed by atoms with van der Waals surface area (Å²) in [4.78, 5) is 23.6. The molecule has 0 radical (unpaired) electrons. The molecule has 0 spiro atoms. The minimum Gasteiger partial charge on any atom is -0.480 e. The van der Waals surface area contributed by atoms with Gasteiger partial charge in [0.15, 0.2) is 0 Å². The summed E-state index contributed by atoms with van der Waals surface area (Å²) in [6, 6.07) is -1.85. The summed E-state index contributed by atoms with van der Waals surface area (Å²) >= 11 is 0. The second kappa shape index (κ2) is 5.66. The van der Waals surface area contributed by atoms with Gasteiger partial charge in [0.05, 0.1) is 25.9 Å². The summed E-state index contributed by atoms with van der Waals surface area (Å²) in [5, 5.41) is 20.0. The van der Waals surface area contributed by atoms with Crippen molar-refractivity contribution in [2.75, 3.05) is 26.4 Å². The number of nitrogens with zero attached hydrogens (tertiary/aromatic N) is 1. The molecule has 16 heavy (non-hydrogen) atoms. The summed E-state index contributed by atoms with van der Waals surface area (Å²) in [6.07, 6.45) is 0. The van der Waals surface area contributed by atoms with Crippen molar-refractivity contribution in [3.8, 4) is 0 Å². The molecule has 7 nitrogen and oxygen atoms in total. The molecule has 0 aromatic heterocycles. The molecule has 1 aliphatic rings. The Morgan fingerprint density at radius 3 is 2.88 bits per heavy atom. The van der Waals surface area contributed by atoms with Crippen molar-refractivity contribution in [1.82, 2.24) is 10.2 Å². The van der Waals surface area contributed by atoms with Gasteiger partial charge >= 0.3 is 12.0 Å². The first-order chi connectivity index (χ1) is 7.56. The number of carboxylic acids is 1. The lowest BCUT2D eigenvalue weighted by Gasteiger charge is -2.34. The standard InChI is InChI=1S/C9H16N2O5/c1-6(8(13)14)10-9(15)11-2-3-16-5-7(11)4-12/h6-7,12H,2-5H2,1H3,(H,10,15)(H,13,14)/t6-,7?/m0/s1. The van der Waals surface area contributed by atoms with Crippen LogP contribution in [0.25, 0.3) is 0 Å². The Balaban J connectivity index is 2.54. The second-order valence-electron chi connectivity index (χ2n) is 3.61. The van der Waals surface area contributed by atoms with Crippen molar-refractivity contribution in [3.63, 3.8) is 0 Å². The molecule has 1 aliphatic heterocycles. The van der Waals surface area contributed by atoms with Crippen molar-refractivity contribution in [2.45, 2.75) is 19.0 Å². The third-order valence-electron chi connectivity index (χ3n) is 2.41. The van der Waals surface area contributed by atoms with E-state index in [-0.39, 0.29) is 13.2 Å². The summed E-state index contributed by atoms with van der Waals surface area (Å²) < 4.78 is 5.11. The number of aliphatic hydroxyl groups is 1. The van der Waals surface area contributed by atoms with Crippen molar-refractivity contribution in [1.29, 1.82) is 0 Å². The number of hydrogen-bond donors (Lipinski definition) is 3. The van der Waals surface area contributed by atoms with Crippen molar-refractivity contribution >= 4 is 12.0 Å². The molecule has 1 fully saturated rings. The third kappa shape index (κ3) is 3.07. The maximum Gasteiger partial charge on any atom is 0.325 e. The van der Waals surface area contributed by atoms with Gasteiger partial charge in [-0.1, -0.05) is 0 Å². The van der Waals surface area contributed by atoms with E-state index in [1.165, 1.54) is 11.8 Å². The van der Waals surface area contributed by atoms with Crippen LogP contribution in [0.5, 0.6) is 0 Å². The third-order valence-corrected chi connectivity index (χ3v) is 2.41. The predicted molar refractivity (Wildman–Crippen MR) is 54.0 cm³/mol. The number of nitrogens with one attached hydrogen (secondary N) is 1. The monoisotopic (exact) mass is 232 g/mol. The van der Waals surface area contributed by atoms with Gasteiger partial charge in [-0.2, -0.15) is 0 Å². The van der Waals surface area contributed by atoms with Crippen LogP contribution in [0.1, 0.15) is 6.92 Å². The SMILES string of the molecule is C[C@H](NC(=O)N1CCOCC1CO)C(=O)O. The van der Waals surface area contributed by atoms with E-state index in [1.54, 1.807) is 0 Å². The predicted octanol–water partition coefficient (Wildman–Crippen LogP) is -1.14. The van der Waals surface area contributed by atoms with Gasteiger partial charge in [0.1, 0.15) is 6.04 Å². The number of rotatable bonds is 3. The van der Waals surface area contributed by atoms with Crippen LogP contribution in [-0.2, 0) is 9.53 Å². The number of urea groups is 1. The Hall–Kier alpha value is -1.34. The number of carbonyl (C=O) groups is 2. The normalized spacial score (nSPS) is 22.6. The second-order valence-corrected chi connectivity index (χ2v) is 3.61. The minimum absolute atomic E-state index is 0.200. The Bertz CT molecular complexity index is 271. The number of morpholine rings is 1. The molecule has 0 saturated carbocycles.